The zero-order valence-electron chi connectivity index (χ0n) is 23.7. The summed E-state index contributed by atoms with van der Waals surface area (Å²) in [6.45, 7) is 0. The molecule has 0 fully saturated rings. The first kappa shape index (κ1) is 23.7. The van der Waals surface area contributed by atoms with Crippen LogP contribution in [0.3, 0.4) is 0 Å². The Hall–Kier alpha value is -5.86. The van der Waals surface area contributed by atoms with Crippen LogP contribution in [0.15, 0.2) is 154 Å². The van der Waals surface area contributed by atoms with Gasteiger partial charge in [-0.2, -0.15) is 0 Å². The quantitative estimate of drug-likeness (QED) is 0.197. The fraction of sp³-hybridized carbons (Fsp3) is 0. The van der Waals surface area contributed by atoms with E-state index < -0.39 is 0 Å². The average molecular weight is 561 g/mol. The SMILES string of the molecule is c1ccc2c(-c3c4ccccc4c(-c4ccc5oc6cc7oc8ccccc8c7cc6c5c4)c4ccccc34)cccc2c1. The molecular formula is C42H24O2. The fourth-order valence-electron chi connectivity index (χ4n) is 7.32. The molecule has 44 heavy (non-hydrogen) atoms. The van der Waals surface area contributed by atoms with Crippen molar-refractivity contribution in [2.75, 3.05) is 0 Å². The minimum absolute atomic E-state index is 0.838. The van der Waals surface area contributed by atoms with Gasteiger partial charge in [-0.3, -0.25) is 0 Å². The van der Waals surface area contributed by atoms with Crippen LogP contribution in [0.4, 0.5) is 0 Å². The Labute approximate surface area is 252 Å². The van der Waals surface area contributed by atoms with E-state index in [0.717, 1.165) is 43.9 Å². The van der Waals surface area contributed by atoms with Crippen LogP contribution < -0.4 is 0 Å². The summed E-state index contributed by atoms with van der Waals surface area (Å²) >= 11 is 0. The molecule has 0 bridgehead atoms. The van der Waals surface area contributed by atoms with Crippen molar-refractivity contribution in [2.45, 2.75) is 0 Å². The number of para-hydroxylation sites is 1. The van der Waals surface area contributed by atoms with Gasteiger partial charge in [0.2, 0.25) is 0 Å². The van der Waals surface area contributed by atoms with Gasteiger partial charge in [0.1, 0.15) is 22.3 Å². The van der Waals surface area contributed by atoms with Gasteiger partial charge < -0.3 is 8.83 Å². The predicted octanol–water partition coefficient (Wildman–Crippen LogP) is 12.3. The summed E-state index contributed by atoms with van der Waals surface area (Å²) < 4.78 is 12.5. The van der Waals surface area contributed by atoms with Gasteiger partial charge in [0.25, 0.3) is 0 Å². The van der Waals surface area contributed by atoms with Crippen molar-refractivity contribution in [1.82, 2.24) is 0 Å². The molecule has 2 heterocycles. The lowest BCUT2D eigenvalue weighted by Gasteiger charge is -2.18. The molecule has 2 nitrogen and oxygen atoms in total. The van der Waals surface area contributed by atoms with Gasteiger partial charge in [0.15, 0.2) is 0 Å². The molecule has 0 aliphatic carbocycles. The molecule has 10 aromatic rings. The van der Waals surface area contributed by atoms with E-state index in [1.54, 1.807) is 0 Å². The second-order valence-corrected chi connectivity index (χ2v) is 11.6. The third-order valence-electron chi connectivity index (χ3n) is 9.25. The summed E-state index contributed by atoms with van der Waals surface area (Å²) in [5.74, 6) is 0. The van der Waals surface area contributed by atoms with Gasteiger partial charge in [0, 0.05) is 27.6 Å². The van der Waals surface area contributed by atoms with Crippen molar-refractivity contribution in [3.05, 3.63) is 146 Å². The topological polar surface area (TPSA) is 26.3 Å². The molecule has 0 aliphatic rings. The van der Waals surface area contributed by atoms with Crippen LogP contribution in [-0.4, -0.2) is 0 Å². The van der Waals surface area contributed by atoms with Crippen molar-refractivity contribution in [1.29, 1.82) is 0 Å². The van der Waals surface area contributed by atoms with Crippen LogP contribution in [0, 0.1) is 0 Å². The molecule has 0 unspecified atom stereocenters. The number of benzene rings is 8. The summed E-state index contributed by atoms with van der Waals surface area (Å²) in [5.41, 5.74) is 8.41. The number of fused-ring (bicyclic) bond motifs is 9. The van der Waals surface area contributed by atoms with Crippen LogP contribution in [0.1, 0.15) is 0 Å². The fourth-order valence-corrected chi connectivity index (χ4v) is 7.32. The highest BCUT2D eigenvalue weighted by Gasteiger charge is 2.19. The summed E-state index contributed by atoms with van der Waals surface area (Å²) in [6.07, 6.45) is 0. The zero-order valence-corrected chi connectivity index (χ0v) is 23.7. The molecule has 0 spiro atoms. The van der Waals surface area contributed by atoms with Crippen molar-refractivity contribution < 1.29 is 8.83 Å². The molecule has 10 rings (SSSR count). The molecule has 0 amide bonds. The molecule has 0 N–H and O–H groups in total. The van der Waals surface area contributed by atoms with E-state index in [0.29, 0.717) is 0 Å². The maximum absolute atomic E-state index is 6.38. The van der Waals surface area contributed by atoms with Crippen molar-refractivity contribution in [3.8, 4) is 22.3 Å². The number of hydrogen-bond acceptors (Lipinski definition) is 2. The van der Waals surface area contributed by atoms with Gasteiger partial charge >= 0.3 is 0 Å². The van der Waals surface area contributed by atoms with Gasteiger partial charge in [0.05, 0.1) is 0 Å². The molecule has 8 aromatic carbocycles. The molecule has 0 radical (unpaired) electrons. The van der Waals surface area contributed by atoms with Crippen LogP contribution in [0.25, 0.3) is 98.4 Å². The summed E-state index contributed by atoms with van der Waals surface area (Å²) in [4.78, 5) is 0. The van der Waals surface area contributed by atoms with E-state index in [4.69, 9.17) is 8.83 Å². The molecule has 0 saturated carbocycles. The van der Waals surface area contributed by atoms with E-state index in [-0.39, 0.29) is 0 Å². The number of rotatable bonds is 2. The standard InChI is InChI=1S/C42H24O2/c1-2-12-27-25(10-1)11-9-18-29(27)42-32-16-5-3-14-30(32)41(31-15-4-6-17-33(31)42)26-20-21-38-34(22-26)36-23-35-28-13-7-8-19-37(28)43-39(35)24-40(36)44-38/h1-24H. The van der Waals surface area contributed by atoms with E-state index in [2.05, 4.69) is 127 Å². The Bertz CT molecular complexity index is 2710. The Morgan fingerprint density at radius 2 is 0.818 bits per heavy atom. The van der Waals surface area contributed by atoms with Crippen molar-refractivity contribution in [3.63, 3.8) is 0 Å². The van der Waals surface area contributed by atoms with Gasteiger partial charge in [-0.15, -0.1) is 0 Å². The minimum Gasteiger partial charge on any atom is -0.456 e. The Morgan fingerprint density at radius 1 is 0.295 bits per heavy atom. The smallest absolute Gasteiger partial charge is 0.139 e. The van der Waals surface area contributed by atoms with E-state index in [9.17, 15) is 0 Å². The third kappa shape index (κ3) is 3.25. The normalized spacial score (nSPS) is 12.1. The predicted molar refractivity (Wildman–Crippen MR) is 184 cm³/mol. The average Bonchev–Trinajstić information content (AvgIpc) is 3.62. The van der Waals surface area contributed by atoms with Gasteiger partial charge in [-0.1, -0.05) is 115 Å². The van der Waals surface area contributed by atoms with Crippen LogP contribution in [0.5, 0.6) is 0 Å². The first-order valence-electron chi connectivity index (χ1n) is 15.0. The maximum atomic E-state index is 6.38. The van der Waals surface area contributed by atoms with Crippen molar-refractivity contribution in [2.24, 2.45) is 0 Å². The number of hydrogen-bond donors (Lipinski definition) is 0. The molecule has 204 valence electrons. The highest BCUT2D eigenvalue weighted by atomic mass is 16.3. The number of furan rings is 2. The molecule has 0 saturated heterocycles. The summed E-state index contributed by atoms with van der Waals surface area (Å²) in [6, 6.07) is 52.1. The third-order valence-corrected chi connectivity index (χ3v) is 9.25. The monoisotopic (exact) mass is 560 g/mol. The molecule has 2 heteroatoms. The largest absolute Gasteiger partial charge is 0.456 e. The van der Waals surface area contributed by atoms with Gasteiger partial charge in [-0.05, 0) is 78.8 Å². The van der Waals surface area contributed by atoms with E-state index in [1.807, 2.05) is 18.2 Å². The molecule has 0 aliphatic heterocycles. The van der Waals surface area contributed by atoms with Crippen molar-refractivity contribution >= 4 is 76.2 Å². The summed E-state index contributed by atoms with van der Waals surface area (Å²) in [7, 11) is 0. The highest BCUT2D eigenvalue weighted by molar-refractivity contribution is 6.24. The molecule has 0 atom stereocenters. The zero-order chi connectivity index (χ0) is 28.8. The van der Waals surface area contributed by atoms with E-state index in [1.165, 1.54) is 54.6 Å². The van der Waals surface area contributed by atoms with E-state index >= 15 is 0 Å². The Kier molecular flexibility index (Phi) is 4.75. The maximum Gasteiger partial charge on any atom is 0.139 e. The first-order valence-corrected chi connectivity index (χ1v) is 15.0. The van der Waals surface area contributed by atoms with Crippen LogP contribution >= 0.6 is 0 Å². The highest BCUT2D eigenvalue weighted by Crippen LogP contribution is 2.46. The molecular weight excluding hydrogens is 536 g/mol. The second-order valence-electron chi connectivity index (χ2n) is 11.6. The Morgan fingerprint density at radius 3 is 1.55 bits per heavy atom. The molecule has 2 aromatic heterocycles. The lowest BCUT2D eigenvalue weighted by molar-refractivity contribution is 0.656. The minimum atomic E-state index is 0.838. The van der Waals surface area contributed by atoms with Crippen LogP contribution in [0.2, 0.25) is 0 Å². The lowest BCUT2D eigenvalue weighted by Crippen LogP contribution is -1.91. The second kappa shape index (κ2) is 8.82. The van der Waals surface area contributed by atoms with Crippen LogP contribution in [-0.2, 0) is 0 Å². The van der Waals surface area contributed by atoms with Gasteiger partial charge in [-0.25, -0.2) is 0 Å². The summed E-state index contributed by atoms with van der Waals surface area (Å²) in [5, 5.41) is 11.9. The lowest BCUT2D eigenvalue weighted by atomic mass is 9.84. The first-order chi connectivity index (χ1) is 21.8. The Balaban J connectivity index is 1.29.